The van der Waals surface area contributed by atoms with E-state index in [1.807, 2.05) is 6.92 Å². The van der Waals surface area contributed by atoms with Gasteiger partial charge < -0.3 is 4.98 Å². The molecule has 0 bridgehead atoms. The summed E-state index contributed by atoms with van der Waals surface area (Å²) in [5, 5.41) is 0. The zero-order valence-corrected chi connectivity index (χ0v) is 14.5. The summed E-state index contributed by atoms with van der Waals surface area (Å²) in [7, 11) is 0. The molecule has 132 valence electrons. The van der Waals surface area contributed by atoms with Gasteiger partial charge >= 0.3 is 0 Å². The van der Waals surface area contributed by atoms with Crippen molar-refractivity contribution >= 4 is 5.78 Å². The van der Waals surface area contributed by atoms with E-state index in [9.17, 15) is 14.0 Å². The van der Waals surface area contributed by atoms with Crippen molar-refractivity contribution in [3.8, 4) is 0 Å². The van der Waals surface area contributed by atoms with Crippen molar-refractivity contribution in [1.82, 2.24) is 14.9 Å². The smallest absolute Gasteiger partial charge is 0.251 e. The second-order valence-electron chi connectivity index (χ2n) is 6.63. The highest BCUT2D eigenvalue weighted by Gasteiger charge is 2.29. The Kier molecular flexibility index (Phi) is 5.08. The maximum atomic E-state index is 13.0. The molecule has 0 saturated carbocycles. The number of hydrogen-bond acceptors (Lipinski definition) is 4. The summed E-state index contributed by atoms with van der Waals surface area (Å²) in [4.78, 5) is 33.6. The van der Waals surface area contributed by atoms with Gasteiger partial charge in [-0.05, 0) is 64.0 Å². The van der Waals surface area contributed by atoms with E-state index in [1.54, 1.807) is 19.1 Å². The highest BCUT2D eigenvalue weighted by Crippen LogP contribution is 2.27. The van der Waals surface area contributed by atoms with Crippen LogP contribution in [0.25, 0.3) is 0 Å². The average molecular weight is 343 g/mol. The molecule has 0 amide bonds. The van der Waals surface area contributed by atoms with Crippen molar-refractivity contribution in [2.75, 3.05) is 13.1 Å². The summed E-state index contributed by atoms with van der Waals surface area (Å²) >= 11 is 0. The molecule has 1 aromatic carbocycles. The second-order valence-corrected chi connectivity index (χ2v) is 6.63. The topological polar surface area (TPSA) is 66.1 Å². The number of Topliss-reactive ketones (excluding diaryl/α,β-unsaturated/α-hetero) is 1. The Hall–Kier alpha value is -2.34. The van der Waals surface area contributed by atoms with Crippen molar-refractivity contribution in [2.24, 2.45) is 5.92 Å². The van der Waals surface area contributed by atoms with Gasteiger partial charge in [0.15, 0.2) is 5.78 Å². The molecule has 1 aliphatic rings. The van der Waals surface area contributed by atoms with Crippen molar-refractivity contribution in [2.45, 2.75) is 32.7 Å². The van der Waals surface area contributed by atoms with Gasteiger partial charge in [-0.25, -0.2) is 9.37 Å². The van der Waals surface area contributed by atoms with Crippen LogP contribution in [0.5, 0.6) is 0 Å². The molecule has 1 aliphatic heterocycles. The molecule has 1 unspecified atom stereocenters. The Bertz CT molecular complexity index is 808. The number of halogens is 1. The Balaban J connectivity index is 1.64. The largest absolute Gasteiger partial charge is 0.309 e. The van der Waals surface area contributed by atoms with E-state index in [1.165, 1.54) is 18.2 Å². The van der Waals surface area contributed by atoms with Gasteiger partial charge in [-0.15, -0.1) is 0 Å². The van der Waals surface area contributed by atoms with Gasteiger partial charge in [0, 0.05) is 23.2 Å². The number of carbonyl (C=O) groups excluding carboxylic acids is 1. The molecule has 0 radical (unpaired) electrons. The number of nitrogens with one attached hydrogen (secondary N) is 1. The third-order valence-electron chi connectivity index (χ3n) is 4.86. The normalized spacial score (nSPS) is 17.4. The van der Waals surface area contributed by atoms with Crippen LogP contribution < -0.4 is 5.56 Å². The predicted molar refractivity (Wildman–Crippen MR) is 93.0 cm³/mol. The minimum absolute atomic E-state index is 0.00512. The SMILES string of the molecule is Cc1cc(=O)[nH]c(C(C)N2CCC(C(=O)c3ccc(F)cc3)CC2)n1. The van der Waals surface area contributed by atoms with E-state index < -0.39 is 0 Å². The lowest BCUT2D eigenvalue weighted by molar-refractivity contribution is 0.0796. The zero-order chi connectivity index (χ0) is 18.0. The number of aromatic amines is 1. The first-order valence-corrected chi connectivity index (χ1v) is 8.56. The summed E-state index contributed by atoms with van der Waals surface area (Å²) in [5.74, 6) is 0.362. The van der Waals surface area contributed by atoms with Gasteiger partial charge in [0.2, 0.25) is 0 Å². The number of H-pyrrole nitrogens is 1. The molecule has 1 atom stereocenters. The summed E-state index contributed by atoms with van der Waals surface area (Å²) < 4.78 is 13.0. The summed E-state index contributed by atoms with van der Waals surface area (Å²) in [5.41, 5.74) is 1.13. The van der Waals surface area contributed by atoms with Crippen LogP contribution in [0, 0.1) is 18.7 Å². The van der Waals surface area contributed by atoms with Crippen LogP contribution in [-0.2, 0) is 0 Å². The standard InChI is InChI=1S/C19H22FN3O2/c1-12-11-17(24)22-19(21-12)13(2)23-9-7-15(8-10-23)18(25)14-3-5-16(20)6-4-14/h3-6,11,13,15H,7-10H2,1-2H3,(H,21,22,24). The number of rotatable bonds is 4. The molecule has 1 N–H and O–H groups in total. The van der Waals surface area contributed by atoms with Gasteiger partial charge in [-0.2, -0.15) is 0 Å². The van der Waals surface area contributed by atoms with Crippen LogP contribution in [0.2, 0.25) is 0 Å². The van der Waals surface area contributed by atoms with Gasteiger partial charge in [-0.1, -0.05) is 0 Å². The summed E-state index contributed by atoms with van der Waals surface area (Å²) in [6, 6.07) is 7.22. The number of likely N-dealkylation sites (tertiary alicyclic amines) is 1. The number of ketones is 1. The Morgan fingerprint density at radius 3 is 2.52 bits per heavy atom. The first-order chi connectivity index (χ1) is 11.9. The van der Waals surface area contributed by atoms with Crippen molar-refractivity contribution in [3.63, 3.8) is 0 Å². The van der Waals surface area contributed by atoms with Crippen LogP contribution in [0.4, 0.5) is 4.39 Å². The quantitative estimate of drug-likeness (QED) is 0.867. The number of aromatic nitrogens is 2. The Morgan fingerprint density at radius 2 is 1.92 bits per heavy atom. The number of aryl methyl sites for hydroxylation is 1. The molecule has 1 saturated heterocycles. The molecule has 1 fully saturated rings. The molecular formula is C19H22FN3O2. The third-order valence-corrected chi connectivity index (χ3v) is 4.86. The van der Waals surface area contributed by atoms with Crippen LogP contribution >= 0.6 is 0 Å². The molecule has 25 heavy (non-hydrogen) atoms. The van der Waals surface area contributed by atoms with E-state index in [2.05, 4.69) is 14.9 Å². The zero-order valence-electron chi connectivity index (χ0n) is 14.5. The van der Waals surface area contributed by atoms with Crippen molar-refractivity contribution in [3.05, 3.63) is 63.6 Å². The minimum Gasteiger partial charge on any atom is -0.309 e. The third kappa shape index (κ3) is 4.02. The number of benzene rings is 1. The summed E-state index contributed by atoms with van der Waals surface area (Å²) in [6.45, 7) is 5.34. The molecule has 1 aromatic heterocycles. The first kappa shape index (κ1) is 17.5. The van der Waals surface area contributed by atoms with E-state index >= 15 is 0 Å². The fraction of sp³-hybridized carbons (Fsp3) is 0.421. The first-order valence-electron chi connectivity index (χ1n) is 8.56. The summed E-state index contributed by atoms with van der Waals surface area (Å²) in [6.07, 6.45) is 1.49. The monoisotopic (exact) mass is 343 g/mol. The van der Waals surface area contributed by atoms with Crippen LogP contribution in [-0.4, -0.2) is 33.7 Å². The van der Waals surface area contributed by atoms with E-state index in [4.69, 9.17) is 0 Å². The van der Waals surface area contributed by atoms with Gasteiger partial charge in [0.25, 0.3) is 5.56 Å². The Morgan fingerprint density at radius 1 is 1.28 bits per heavy atom. The molecule has 2 heterocycles. The highest BCUT2D eigenvalue weighted by molar-refractivity contribution is 5.97. The fourth-order valence-corrected chi connectivity index (χ4v) is 3.37. The number of carbonyl (C=O) groups is 1. The van der Waals surface area contributed by atoms with E-state index in [0.717, 1.165) is 25.9 Å². The number of piperidine rings is 1. The Labute approximate surface area is 145 Å². The molecule has 6 heteroatoms. The molecule has 5 nitrogen and oxygen atoms in total. The lowest BCUT2D eigenvalue weighted by atomic mass is 9.88. The van der Waals surface area contributed by atoms with Gasteiger partial charge in [-0.3, -0.25) is 14.5 Å². The highest BCUT2D eigenvalue weighted by atomic mass is 19.1. The van der Waals surface area contributed by atoms with E-state index in [0.29, 0.717) is 17.1 Å². The maximum Gasteiger partial charge on any atom is 0.251 e. The minimum atomic E-state index is -0.333. The van der Waals surface area contributed by atoms with Crippen LogP contribution in [0.3, 0.4) is 0 Å². The van der Waals surface area contributed by atoms with Crippen molar-refractivity contribution < 1.29 is 9.18 Å². The lowest BCUT2D eigenvalue weighted by Crippen LogP contribution is -2.39. The molecule has 0 aliphatic carbocycles. The predicted octanol–water partition coefficient (Wildman–Crippen LogP) is 2.87. The second kappa shape index (κ2) is 7.27. The van der Waals surface area contributed by atoms with Crippen molar-refractivity contribution in [1.29, 1.82) is 0 Å². The van der Waals surface area contributed by atoms with Crippen LogP contribution in [0.1, 0.15) is 47.7 Å². The average Bonchev–Trinajstić information content (AvgIpc) is 2.60. The van der Waals surface area contributed by atoms with Gasteiger partial charge in [0.05, 0.1) is 6.04 Å². The molecule has 3 rings (SSSR count). The maximum absolute atomic E-state index is 13.0. The molecule has 0 spiro atoms. The number of hydrogen-bond donors (Lipinski definition) is 1. The lowest BCUT2D eigenvalue weighted by Gasteiger charge is -2.35. The number of nitrogens with zero attached hydrogens (tertiary/aromatic N) is 2. The van der Waals surface area contributed by atoms with Gasteiger partial charge in [0.1, 0.15) is 11.6 Å². The van der Waals surface area contributed by atoms with E-state index in [-0.39, 0.29) is 29.1 Å². The fourth-order valence-electron chi connectivity index (χ4n) is 3.37. The molecule has 2 aromatic rings. The van der Waals surface area contributed by atoms with Crippen LogP contribution in [0.15, 0.2) is 35.1 Å². The molecular weight excluding hydrogens is 321 g/mol.